The largest absolute Gasteiger partial charge is 0.353 e. The second kappa shape index (κ2) is 5.76. The minimum absolute atomic E-state index is 0.211. The summed E-state index contributed by atoms with van der Waals surface area (Å²) in [6.45, 7) is 2.88. The molecule has 0 bridgehead atoms. The fraction of sp³-hybridized carbons (Fsp3) is 0.571. The Labute approximate surface area is 118 Å². The molecule has 0 radical (unpaired) electrons. The Bertz CT molecular complexity index is 492. The molecule has 0 saturated carbocycles. The van der Waals surface area contributed by atoms with Gasteiger partial charge in [-0.25, -0.2) is 10.8 Å². The molecular weight excluding hydrogens is 254 g/mol. The van der Waals surface area contributed by atoms with Gasteiger partial charge >= 0.3 is 0 Å². The number of hydrazine groups is 1. The predicted octanol–water partition coefficient (Wildman–Crippen LogP) is 0.468. The van der Waals surface area contributed by atoms with Crippen LogP contribution in [-0.4, -0.2) is 34.9 Å². The molecule has 2 fully saturated rings. The fourth-order valence-corrected chi connectivity index (χ4v) is 3.21. The highest BCUT2D eigenvalue weighted by Crippen LogP contribution is 2.26. The van der Waals surface area contributed by atoms with E-state index < -0.39 is 0 Å². The molecule has 0 aliphatic carbocycles. The van der Waals surface area contributed by atoms with Crippen LogP contribution in [0.2, 0.25) is 0 Å². The van der Waals surface area contributed by atoms with Crippen molar-refractivity contribution in [1.82, 2.24) is 15.2 Å². The summed E-state index contributed by atoms with van der Waals surface area (Å²) < 4.78 is 0. The first-order valence-corrected chi connectivity index (χ1v) is 7.19. The van der Waals surface area contributed by atoms with E-state index in [2.05, 4.69) is 20.6 Å². The Kier molecular flexibility index (Phi) is 3.84. The van der Waals surface area contributed by atoms with E-state index in [1.165, 1.54) is 0 Å². The van der Waals surface area contributed by atoms with E-state index in [1.807, 2.05) is 18.2 Å². The fourth-order valence-electron chi connectivity index (χ4n) is 3.21. The highest BCUT2D eigenvalue weighted by Gasteiger charge is 2.33. The molecule has 0 spiro atoms. The lowest BCUT2D eigenvalue weighted by Crippen LogP contribution is -2.53. The summed E-state index contributed by atoms with van der Waals surface area (Å²) in [5.74, 6) is 6.87. The highest BCUT2D eigenvalue weighted by atomic mass is 16.1. The van der Waals surface area contributed by atoms with Crippen molar-refractivity contribution < 1.29 is 4.79 Å². The van der Waals surface area contributed by atoms with Crippen molar-refractivity contribution in [3.63, 3.8) is 0 Å². The molecule has 6 heteroatoms. The van der Waals surface area contributed by atoms with Crippen molar-refractivity contribution in [2.24, 2.45) is 11.8 Å². The van der Waals surface area contributed by atoms with Gasteiger partial charge in [-0.15, -0.1) is 0 Å². The summed E-state index contributed by atoms with van der Waals surface area (Å²) in [4.78, 5) is 18.3. The maximum atomic E-state index is 11.4. The van der Waals surface area contributed by atoms with Gasteiger partial charge in [-0.05, 0) is 30.9 Å². The molecule has 20 heavy (non-hydrogen) atoms. The number of rotatable bonds is 3. The molecule has 2 aliphatic heterocycles. The molecule has 2 aliphatic rings. The van der Waals surface area contributed by atoms with Crippen molar-refractivity contribution in [2.75, 3.05) is 18.5 Å². The number of anilines is 1. The summed E-state index contributed by atoms with van der Waals surface area (Å²) in [5, 5.41) is 3.11. The third-order valence-corrected chi connectivity index (χ3v) is 4.25. The molecule has 1 aromatic heterocycles. The standard InChI is InChI=1S/C14H21N5O/c15-18-13-3-1-2-11(16-13)9-19-7-6-12-10(8-19)4-5-14(20)17-12/h1-3,10,12H,4-9,15H2,(H,16,18)(H,17,20). The van der Waals surface area contributed by atoms with Gasteiger partial charge in [0.25, 0.3) is 0 Å². The first-order chi connectivity index (χ1) is 9.74. The smallest absolute Gasteiger partial charge is 0.220 e. The Morgan fingerprint density at radius 2 is 2.35 bits per heavy atom. The maximum Gasteiger partial charge on any atom is 0.220 e. The van der Waals surface area contributed by atoms with Gasteiger partial charge in [0.1, 0.15) is 5.82 Å². The van der Waals surface area contributed by atoms with Crippen LogP contribution in [0.5, 0.6) is 0 Å². The number of nitrogen functional groups attached to an aromatic ring is 1. The van der Waals surface area contributed by atoms with Gasteiger partial charge in [0.05, 0.1) is 5.69 Å². The molecule has 2 unspecified atom stereocenters. The number of carbonyl (C=O) groups is 1. The number of pyridine rings is 1. The molecule has 4 N–H and O–H groups in total. The lowest BCUT2D eigenvalue weighted by Gasteiger charge is -2.41. The lowest BCUT2D eigenvalue weighted by atomic mass is 9.85. The third-order valence-electron chi connectivity index (χ3n) is 4.25. The van der Waals surface area contributed by atoms with Crippen molar-refractivity contribution in [3.8, 4) is 0 Å². The number of nitrogens with zero attached hydrogens (tertiary/aromatic N) is 2. The average molecular weight is 275 g/mol. The number of nitrogens with one attached hydrogen (secondary N) is 2. The number of likely N-dealkylation sites (tertiary alicyclic amines) is 1. The minimum atomic E-state index is 0.211. The van der Waals surface area contributed by atoms with E-state index in [-0.39, 0.29) is 5.91 Å². The first-order valence-electron chi connectivity index (χ1n) is 7.19. The molecule has 3 rings (SSSR count). The topological polar surface area (TPSA) is 83.3 Å². The van der Waals surface area contributed by atoms with Crippen LogP contribution in [0.1, 0.15) is 25.0 Å². The lowest BCUT2D eigenvalue weighted by molar-refractivity contribution is -0.125. The predicted molar refractivity (Wildman–Crippen MR) is 76.6 cm³/mol. The number of hydrogen-bond acceptors (Lipinski definition) is 5. The molecule has 2 atom stereocenters. The number of amides is 1. The van der Waals surface area contributed by atoms with E-state index in [1.54, 1.807) is 0 Å². The summed E-state index contributed by atoms with van der Waals surface area (Å²) in [7, 11) is 0. The average Bonchev–Trinajstić information content (AvgIpc) is 2.47. The Hall–Kier alpha value is -1.66. The van der Waals surface area contributed by atoms with Crippen molar-refractivity contribution in [3.05, 3.63) is 23.9 Å². The summed E-state index contributed by atoms with van der Waals surface area (Å²) in [5.41, 5.74) is 3.60. The number of fused-ring (bicyclic) bond motifs is 1. The van der Waals surface area contributed by atoms with Crippen molar-refractivity contribution in [1.29, 1.82) is 0 Å². The van der Waals surface area contributed by atoms with Gasteiger partial charge in [0.2, 0.25) is 5.91 Å². The van der Waals surface area contributed by atoms with Gasteiger partial charge in [-0.3, -0.25) is 9.69 Å². The van der Waals surface area contributed by atoms with Crippen molar-refractivity contribution in [2.45, 2.75) is 31.8 Å². The van der Waals surface area contributed by atoms with Crippen LogP contribution in [0.25, 0.3) is 0 Å². The second-order valence-electron chi connectivity index (χ2n) is 5.66. The third kappa shape index (κ3) is 2.91. The van der Waals surface area contributed by atoms with Crippen molar-refractivity contribution >= 4 is 11.7 Å². The molecular formula is C14H21N5O. The van der Waals surface area contributed by atoms with Gasteiger partial charge in [-0.1, -0.05) is 6.07 Å². The van der Waals surface area contributed by atoms with E-state index in [9.17, 15) is 4.79 Å². The molecule has 1 aromatic rings. The molecule has 3 heterocycles. The van der Waals surface area contributed by atoms with Crippen LogP contribution in [0.15, 0.2) is 18.2 Å². The van der Waals surface area contributed by atoms with Gasteiger partial charge in [0, 0.05) is 32.1 Å². The SMILES string of the molecule is NNc1cccc(CN2CCC3NC(=O)CCC3C2)n1. The zero-order valence-corrected chi connectivity index (χ0v) is 11.5. The summed E-state index contributed by atoms with van der Waals surface area (Å²) in [6, 6.07) is 6.21. The van der Waals surface area contributed by atoms with Crippen LogP contribution in [-0.2, 0) is 11.3 Å². The number of hydrogen-bond donors (Lipinski definition) is 3. The number of nitrogens with two attached hydrogens (primary N) is 1. The van der Waals surface area contributed by atoms with E-state index in [0.717, 1.165) is 38.2 Å². The second-order valence-corrected chi connectivity index (χ2v) is 5.66. The van der Waals surface area contributed by atoms with E-state index in [0.29, 0.717) is 24.2 Å². The van der Waals surface area contributed by atoms with E-state index >= 15 is 0 Å². The van der Waals surface area contributed by atoms with Crippen LogP contribution < -0.4 is 16.6 Å². The van der Waals surface area contributed by atoms with Gasteiger partial charge in [0.15, 0.2) is 0 Å². The quantitative estimate of drug-likeness (QED) is 0.551. The highest BCUT2D eigenvalue weighted by molar-refractivity contribution is 5.77. The van der Waals surface area contributed by atoms with Gasteiger partial charge < -0.3 is 10.7 Å². The summed E-state index contributed by atoms with van der Waals surface area (Å²) >= 11 is 0. The zero-order valence-electron chi connectivity index (χ0n) is 11.5. The molecule has 1 amide bonds. The molecule has 0 aromatic carbocycles. The summed E-state index contributed by atoms with van der Waals surface area (Å²) in [6.07, 6.45) is 2.70. The van der Waals surface area contributed by atoms with Crippen LogP contribution >= 0.6 is 0 Å². The maximum absolute atomic E-state index is 11.4. The zero-order chi connectivity index (χ0) is 13.9. The van der Waals surface area contributed by atoms with Gasteiger partial charge in [-0.2, -0.15) is 0 Å². The monoisotopic (exact) mass is 275 g/mol. The Balaban J connectivity index is 1.60. The molecule has 2 saturated heterocycles. The molecule has 108 valence electrons. The normalized spacial score (nSPS) is 26.8. The van der Waals surface area contributed by atoms with Crippen LogP contribution in [0, 0.1) is 5.92 Å². The number of carbonyl (C=O) groups excluding carboxylic acids is 1. The van der Waals surface area contributed by atoms with E-state index in [4.69, 9.17) is 5.84 Å². The van der Waals surface area contributed by atoms with Crippen LogP contribution in [0.4, 0.5) is 5.82 Å². The molecule has 6 nitrogen and oxygen atoms in total. The Morgan fingerprint density at radius 1 is 1.45 bits per heavy atom. The minimum Gasteiger partial charge on any atom is -0.353 e. The number of piperidine rings is 2. The first kappa shape index (κ1) is 13.3. The number of aromatic nitrogens is 1. The Morgan fingerprint density at radius 3 is 3.20 bits per heavy atom. The van der Waals surface area contributed by atoms with Crippen LogP contribution in [0.3, 0.4) is 0 Å².